The standard InChI is InChI=1S/C14H21NO4/c1-6-18-12-7-9(10(15)8-11(12)17-5)13(16)19-14(2,3)4/h7-8H,6,15H2,1-5H3. The first-order chi connectivity index (χ1) is 8.78. The van der Waals surface area contributed by atoms with Crippen molar-refractivity contribution in [2.45, 2.75) is 33.3 Å². The highest BCUT2D eigenvalue weighted by Gasteiger charge is 2.22. The van der Waals surface area contributed by atoms with E-state index in [1.54, 1.807) is 32.9 Å². The van der Waals surface area contributed by atoms with E-state index < -0.39 is 11.6 Å². The number of carbonyl (C=O) groups is 1. The van der Waals surface area contributed by atoms with Crippen molar-refractivity contribution >= 4 is 11.7 Å². The molecule has 2 N–H and O–H groups in total. The predicted molar refractivity (Wildman–Crippen MR) is 73.7 cm³/mol. The number of carbonyl (C=O) groups excluding carboxylic acids is 1. The minimum absolute atomic E-state index is 0.277. The summed E-state index contributed by atoms with van der Waals surface area (Å²) < 4.78 is 15.9. The van der Waals surface area contributed by atoms with Gasteiger partial charge in [0.05, 0.1) is 25.0 Å². The van der Waals surface area contributed by atoms with E-state index >= 15 is 0 Å². The number of anilines is 1. The average molecular weight is 267 g/mol. The van der Waals surface area contributed by atoms with Crippen molar-refractivity contribution in [2.75, 3.05) is 19.5 Å². The molecule has 106 valence electrons. The van der Waals surface area contributed by atoms with Crippen molar-refractivity contribution in [2.24, 2.45) is 0 Å². The fraction of sp³-hybridized carbons (Fsp3) is 0.500. The van der Waals surface area contributed by atoms with Gasteiger partial charge >= 0.3 is 5.97 Å². The fourth-order valence-electron chi connectivity index (χ4n) is 1.51. The van der Waals surface area contributed by atoms with Gasteiger partial charge in [-0.05, 0) is 27.7 Å². The molecule has 0 saturated carbocycles. The molecule has 0 unspecified atom stereocenters. The largest absolute Gasteiger partial charge is 0.493 e. The van der Waals surface area contributed by atoms with Crippen LogP contribution in [0.5, 0.6) is 11.5 Å². The van der Waals surface area contributed by atoms with Crippen LogP contribution in [0.25, 0.3) is 0 Å². The average Bonchev–Trinajstić information content (AvgIpc) is 2.28. The van der Waals surface area contributed by atoms with Crippen LogP contribution in [0.4, 0.5) is 5.69 Å². The van der Waals surface area contributed by atoms with Crippen LogP contribution in [-0.4, -0.2) is 25.3 Å². The van der Waals surface area contributed by atoms with Crippen LogP contribution < -0.4 is 15.2 Å². The highest BCUT2D eigenvalue weighted by Crippen LogP contribution is 2.33. The number of methoxy groups -OCH3 is 1. The molecular weight excluding hydrogens is 246 g/mol. The van der Waals surface area contributed by atoms with Gasteiger partial charge in [0.2, 0.25) is 0 Å². The highest BCUT2D eigenvalue weighted by molar-refractivity contribution is 5.96. The Labute approximate surface area is 113 Å². The summed E-state index contributed by atoms with van der Waals surface area (Å²) in [5.74, 6) is 0.486. The van der Waals surface area contributed by atoms with Gasteiger partial charge < -0.3 is 19.9 Å². The number of nitrogens with two attached hydrogens (primary N) is 1. The lowest BCUT2D eigenvalue weighted by atomic mass is 10.1. The van der Waals surface area contributed by atoms with Gasteiger partial charge in [-0.3, -0.25) is 0 Å². The summed E-state index contributed by atoms with van der Waals surface area (Å²) in [6.07, 6.45) is 0. The van der Waals surface area contributed by atoms with Gasteiger partial charge in [0.25, 0.3) is 0 Å². The van der Waals surface area contributed by atoms with Crippen molar-refractivity contribution in [3.8, 4) is 11.5 Å². The van der Waals surface area contributed by atoms with Crippen molar-refractivity contribution < 1.29 is 19.0 Å². The van der Waals surface area contributed by atoms with Crippen molar-refractivity contribution in [1.82, 2.24) is 0 Å². The number of esters is 1. The summed E-state index contributed by atoms with van der Waals surface area (Å²) in [6.45, 7) is 7.72. The van der Waals surface area contributed by atoms with E-state index in [9.17, 15) is 4.79 Å². The fourth-order valence-corrected chi connectivity index (χ4v) is 1.51. The molecular formula is C14H21NO4. The van der Waals surface area contributed by atoms with E-state index in [1.807, 2.05) is 6.92 Å². The quantitative estimate of drug-likeness (QED) is 0.670. The molecule has 0 heterocycles. The van der Waals surface area contributed by atoms with Crippen LogP contribution in [0.15, 0.2) is 12.1 Å². The number of hydrogen-bond donors (Lipinski definition) is 1. The summed E-state index contributed by atoms with van der Waals surface area (Å²) in [6, 6.07) is 3.11. The monoisotopic (exact) mass is 267 g/mol. The van der Waals surface area contributed by atoms with E-state index in [0.717, 1.165) is 0 Å². The molecule has 0 aliphatic rings. The molecule has 0 saturated heterocycles. The lowest BCUT2D eigenvalue weighted by Gasteiger charge is -2.20. The Bertz CT molecular complexity index is 463. The first-order valence-electron chi connectivity index (χ1n) is 6.12. The molecule has 0 amide bonds. The molecule has 19 heavy (non-hydrogen) atoms. The maximum absolute atomic E-state index is 12.0. The second kappa shape index (κ2) is 5.82. The first kappa shape index (κ1) is 15.1. The first-order valence-corrected chi connectivity index (χ1v) is 6.12. The third kappa shape index (κ3) is 4.05. The molecule has 5 nitrogen and oxygen atoms in total. The number of ether oxygens (including phenoxy) is 3. The lowest BCUT2D eigenvalue weighted by Crippen LogP contribution is -2.24. The van der Waals surface area contributed by atoms with E-state index in [1.165, 1.54) is 7.11 Å². The molecule has 0 aliphatic heterocycles. The molecule has 0 radical (unpaired) electrons. The second-order valence-corrected chi connectivity index (χ2v) is 5.03. The van der Waals surface area contributed by atoms with Crippen LogP contribution in [-0.2, 0) is 4.74 Å². The zero-order chi connectivity index (χ0) is 14.6. The molecule has 0 aromatic heterocycles. The molecule has 1 aromatic carbocycles. The molecule has 0 fully saturated rings. The maximum atomic E-state index is 12.0. The smallest absolute Gasteiger partial charge is 0.340 e. The lowest BCUT2D eigenvalue weighted by molar-refractivity contribution is 0.00703. The minimum Gasteiger partial charge on any atom is -0.493 e. The summed E-state index contributed by atoms with van der Waals surface area (Å²) in [7, 11) is 1.52. The van der Waals surface area contributed by atoms with Gasteiger partial charge in [-0.15, -0.1) is 0 Å². The summed E-state index contributed by atoms with van der Waals surface area (Å²) in [5.41, 5.74) is 5.85. The van der Waals surface area contributed by atoms with Crippen LogP contribution in [0.3, 0.4) is 0 Å². The van der Waals surface area contributed by atoms with E-state index in [4.69, 9.17) is 19.9 Å². The molecule has 1 aromatic rings. The van der Waals surface area contributed by atoms with E-state index in [0.29, 0.717) is 23.8 Å². The van der Waals surface area contributed by atoms with Crippen LogP contribution in [0, 0.1) is 0 Å². The SMILES string of the molecule is CCOc1cc(C(=O)OC(C)(C)C)c(N)cc1OC. The topological polar surface area (TPSA) is 70.8 Å². The second-order valence-electron chi connectivity index (χ2n) is 5.03. The predicted octanol–water partition coefficient (Wildman–Crippen LogP) is 2.63. The number of rotatable bonds is 4. The number of hydrogen-bond acceptors (Lipinski definition) is 5. The molecule has 1 rings (SSSR count). The van der Waals surface area contributed by atoms with Crippen molar-refractivity contribution in [1.29, 1.82) is 0 Å². The van der Waals surface area contributed by atoms with Gasteiger partial charge in [0.1, 0.15) is 5.60 Å². The normalized spacial score (nSPS) is 11.0. The maximum Gasteiger partial charge on any atom is 0.340 e. The number of benzene rings is 1. The Morgan fingerprint density at radius 2 is 1.89 bits per heavy atom. The third-order valence-electron chi connectivity index (χ3n) is 2.25. The Morgan fingerprint density at radius 1 is 1.26 bits per heavy atom. The van der Waals surface area contributed by atoms with Gasteiger partial charge in [0.15, 0.2) is 11.5 Å². The molecule has 0 aliphatic carbocycles. The van der Waals surface area contributed by atoms with Crippen molar-refractivity contribution in [3.05, 3.63) is 17.7 Å². The van der Waals surface area contributed by atoms with Crippen molar-refractivity contribution in [3.63, 3.8) is 0 Å². The highest BCUT2D eigenvalue weighted by atomic mass is 16.6. The minimum atomic E-state index is -0.574. The molecule has 5 heteroatoms. The van der Waals surface area contributed by atoms with E-state index in [-0.39, 0.29) is 5.56 Å². The van der Waals surface area contributed by atoms with Crippen LogP contribution in [0.2, 0.25) is 0 Å². The van der Waals surface area contributed by atoms with Crippen LogP contribution in [0.1, 0.15) is 38.1 Å². The van der Waals surface area contributed by atoms with E-state index in [2.05, 4.69) is 0 Å². The zero-order valence-corrected chi connectivity index (χ0v) is 12.1. The third-order valence-corrected chi connectivity index (χ3v) is 2.25. The summed E-state index contributed by atoms with van der Waals surface area (Å²) in [5, 5.41) is 0. The molecule has 0 spiro atoms. The van der Waals surface area contributed by atoms with Gasteiger partial charge in [-0.25, -0.2) is 4.79 Å². The Balaban J connectivity index is 3.14. The Hall–Kier alpha value is -1.91. The molecule has 0 atom stereocenters. The van der Waals surface area contributed by atoms with Gasteiger partial charge in [0, 0.05) is 12.1 Å². The Morgan fingerprint density at radius 3 is 2.37 bits per heavy atom. The summed E-state index contributed by atoms with van der Waals surface area (Å²) >= 11 is 0. The number of nitrogen functional groups attached to an aromatic ring is 1. The Kier molecular flexibility index (Phi) is 4.64. The summed E-state index contributed by atoms with van der Waals surface area (Å²) in [4.78, 5) is 12.0. The van der Waals surface area contributed by atoms with Gasteiger partial charge in [-0.2, -0.15) is 0 Å². The molecule has 0 bridgehead atoms. The zero-order valence-electron chi connectivity index (χ0n) is 12.1. The van der Waals surface area contributed by atoms with Gasteiger partial charge in [-0.1, -0.05) is 0 Å². The van der Waals surface area contributed by atoms with Crippen LogP contribution >= 0.6 is 0 Å².